The van der Waals surface area contributed by atoms with E-state index in [4.69, 9.17) is 0 Å². The Kier molecular flexibility index (Phi) is 5.10. The van der Waals surface area contributed by atoms with Gasteiger partial charge >= 0.3 is 0 Å². The molecule has 1 unspecified atom stereocenters. The molecule has 2 rings (SSSR count). The van der Waals surface area contributed by atoms with Crippen molar-refractivity contribution in [2.45, 2.75) is 33.1 Å². The molecule has 1 aliphatic rings. The zero-order chi connectivity index (χ0) is 15.4. The number of hydrogen-bond acceptors (Lipinski definition) is 2. The number of Topliss-reactive ketones (excluding diaryl/α,β-unsaturated/α-hetero) is 1. The van der Waals surface area contributed by atoms with Gasteiger partial charge in [-0.3, -0.25) is 9.59 Å². The minimum absolute atomic E-state index is 0.00263. The molecule has 0 saturated carbocycles. The van der Waals surface area contributed by atoms with Crippen molar-refractivity contribution >= 4 is 11.7 Å². The normalized spacial score (nSPS) is 19.7. The second-order valence-electron chi connectivity index (χ2n) is 6.05. The molecule has 0 N–H and O–H groups in total. The van der Waals surface area contributed by atoms with Crippen LogP contribution in [-0.4, -0.2) is 29.7 Å². The van der Waals surface area contributed by atoms with Gasteiger partial charge in [0.1, 0.15) is 5.82 Å². The largest absolute Gasteiger partial charge is 0.335 e. The Hall–Kier alpha value is -1.71. The van der Waals surface area contributed by atoms with Crippen molar-refractivity contribution in [2.24, 2.45) is 11.8 Å². The first-order valence-corrected chi connectivity index (χ1v) is 7.54. The summed E-state index contributed by atoms with van der Waals surface area (Å²) in [6, 6.07) is 5.93. The van der Waals surface area contributed by atoms with Crippen LogP contribution in [0.2, 0.25) is 0 Å². The average molecular weight is 291 g/mol. The fourth-order valence-electron chi connectivity index (χ4n) is 2.84. The Morgan fingerprint density at radius 3 is 2.71 bits per heavy atom. The van der Waals surface area contributed by atoms with Gasteiger partial charge in [-0.2, -0.15) is 0 Å². The van der Waals surface area contributed by atoms with Crippen LogP contribution in [0.5, 0.6) is 0 Å². The highest BCUT2D eigenvalue weighted by atomic mass is 19.1. The molecule has 21 heavy (non-hydrogen) atoms. The second-order valence-corrected chi connectivity index (χ2v) is 6.05. The lowest BCUT2D eigenvalue weighted by Gasteiger charge is -2.21. The Bertz CT molecular complexity index is 527. The molecule has 3 nitrogen and oxygen atoms in total. The fraction of sp³-hybridized carbons (Fsp3) is 0.529. The zero-order valence-corrected chi connectivity index (χ0v) is 12.6. The molecule has 1 atom stereocenters. The smallest absolute Gasteiger partial charge is 0.222 e. The van der Waals surface area contributed by atoms with E-state index in [9.17, 15) is 14.0 Å². The number of rotatable bonds is 4. The van der Waals surface area contributed by atoms with E-state index in [1.54, 1.807) is 17.0 Å². The first-order chi connectivity index (χ1) is 9.99. The quantitative estimate of drug-likeness (QED) is 0.798. The van der Waals surface area contributed by atoms with E-state index in [1.165, 1.54) is 12.1 Å². The lowest BCUT2D eigenvalue weighted by Crippen LogP contribution is -2.35. The number of carbonyl (C=O) groups excluding carboxylic acids is 2. The van der Waals surface area contributed by atoms with Crippen LogP contribution in [0.1, 0.15) is 43.5 Å². The molecule has 0 radical (unpaired) electrons. The van der Waals surface area contributed by atoms with Crippen molar-refractivity contribution in [3.05, 3.63) is 35.6 Å². The van der Waals surface area contributed by atoms with Gasteiger partial charge in [-0.1, -0.05) is 26.0 Å². The molecule has 114 valence electrons. The number of halogens is 1. The van der Waals surface area contributed by atoms with E-state index in [2.05, 4.69) is 13.8 Å². The van der Waals surface area contributed by atoms with Crippen molar-refractivity contribution in [1.29, 1.82) is 0 Å². The monoisotopic (exact) mass is 291 g/mol. The molecule has 1 saturated heterocycles. The Morgan fingerprint density at radius 1 is 1.33 bits per heavy atom. The third-order valence-electron chi connectivity index (χ3n) is 4.30. The summed E-state index contributed by atoms with van der Waals surface area (Å²) in [5.41, 5.74) is 0.0648. The molecular weight excluding hydrogens is 269 g/mol. The van der Waals surface area contributed by atoms with Gasteiger partial charge in [0.15, 0.2) is 5.78 Å². The molecule has 1 aromatic carbocycles. The summed E-state index contributed by atoms with van der Waals surface area (Å²) < 4.78 is 13.6. The fourth-order valence-corrected chi connectivity index (χ4v) is 2.84. The van der Waals surface area contributed by atoms with Crippen molar-refractivity contribution < 1.29 is 14.0 Å². The lowest BCUT2D eigenvalue weighted by atomic mass is 9.89. The summed E-state index contributed by atoms with van der Waals surface area (Å²) in [5.74, 6) is 0.208. The number of amides is 1. The molecule has 0 bridgehead atoms. The summed E-state index contributed by atoms with van der Waals surface area (Å²) in [4.78, 5) is 25.9. The molecule has 1 amide bonds. The van der Waals surface area contributed by atoms with Gasteiger partial charge in [-0.05, 0) is 36.8 Å². The predicted octanol–water partition coefficient (Wildman–Crippen LogP) is 3.29. The van der Waals surface area contributed by atoms with Crippen LogP contribution in [0.25, 0.3) is 0 Å². The standard InChI is InChI=1S/C17H22FNO2/c1-12(2)13-7-8-17(21)19(10-9-13)11-16(20)14-5-3-4-6-15(14)18/h3-6,12-13H,7-11H2,1-2H3. The first-order valence-electron chi connectivity index (χ1n) is 7.54. The van der Waals surface area contributed by atoms with E-state index in [0.29, 0.717) is 24.8 Å². The van der Waals surface area contributed by atoms with E-state index in [0.717, 1.165) is 12.8 Å². The summed E-state index contributed by atoms with van der Waals surface area (Å²) in [7, 11) is 0. The summed E-state index contributed by atoms with van der Waals surface area (Å²) >= 11 is 0. The van der Waals surface area contributed by atoms with Crippen LogP contribution < -0.4 is 0 Å². The maximum atomic E-state index is 13.6. The van der Waals surface area contributed by atoms with Gasteiger partial charge in [0.25, 0.3) is 0 Å². The molecule has 1 aromatic rings. The van der Waals surface area contributed by atoms with E-state index >= 15 is 0 Å². The minimum atomic E-state index is -0.523. The van der Waals surface area contributed by atoms with E-state index < -0.39 is 5.82 Å². The number of benzene rings is 1. The highest BCUT2D eigenvalue weighted by molar-refractivity contribution is 5.99. The lowest BCUT2D eigenvalue weighted by molar-refractivity contribution is -0.130. The number of nitrogens with zero attached hydrogens (tertiary/aromatic N) is 1. The number of carbonyl (C=O) groups is 2. The van der Waals surface area contributed by atoms with Crippen LogP contribution in [0, 0.1) is 17.7 Å². The van der Waals surface area contributed by atoms with Gasteiger partial charge in [0.05, 0.1) is 12.1 Å². The number of likely N-dealkylation sites (tertiary alicyclic amines) is 1. The molecular formula is C17H22FNO2. The van der Waals surface area contributed by atoms with Crippen molar-refractivity contribution in [1.82, 2.24) is 4.90 Å². The van der Waals surface area contributed by atoms with Crippen LogP contribution in [0.3, 0.4) is 0 Å². The highest BCUT2D eigenvalue weighted by Gasteiger charge is 2.26. The van der Waals surface area contributed by atoms with Crippen molar-refractivity contribution in [3.63, 3.8) is 0 Å². The maximum Gasteiger partial charge on any atom is 0.222 e. The molecule has 1 heterocycles. The van der Waals surface area contributed by atoms with Crippen LogP contribution in [0.15, 0.2) is 24.3 Å². The number of ketones is 1. The van der Waals surface area contributed by atoms with Gasteiger partial charge in [0, 0.05) is 13.0 Å². The average Bonchev–Trinajstić information content (AvgIpc) is 2.62. The van der Waals surface area contributed by atoms with Crippen LogP contribution in [0.4, 0.5) is 4.39 Å². The summed E-state index contributed by atoms with van der Waals surface area (Å²) in [6.07, 6.45) is 2.27. The maximum absolute atomic E-state index is 13.6. The Morgan fingerprint density at radius 2 is 2.05 bits per heavy atom. The predicted molar refractivity (Wildman–Crippen MR) is 79.5 cm³/mol. The highest BCUT2D eigenvalue weighted by Crippen LogP contribution is 2.25. The van der Waals surface area contributed by atoms with Gasteiger partial charge < -0.3 is 4.90 Å². The van der Waals surface area contributed by atoms with Gasteiger partial charge in [0.2, 0.25) is 5.91 Å². The molecule has 1 aliphatic heterocycles. The third kappa shape index (κ3) is 3.90. The zero-order valence-electron chi connectivity index (χ0n) is 12.6. The van der Waals surface area contributed by atoms with Crippen molar-refractivity contribution in [3.8, 4) is 0 Å². The topological polar surface area (TPSA) is 37.4 Å². The minimum Gasteiger partial charge on any atom is -0.335 e. The third-order valence-corrected chi connectivity index (χ3v) is 4.30. The molecule has 4 heteroatoms. The second kappa shape index (κ2) is 6.83. The van der Waals surface area contributed by atoms with E-state index in [-0.39, 0.29) is 23.8 Å². The van der Waals surface area contributed by atoms with Gasteiger partial charge in [-0.25, -0.2) is 4.39 Å². The number of hydrogen-bond donors (Lipinski definition) is 0. The first kappa shape index (κ1) is 15.7. The molecule has 1 fully saturated rings. The molecule has 0 spiro atoms. The SMILES string of the molecule is CC(C)C1CCC(=O)N(CC(=O)c2ccccc2F)CC1. The van der Waals surface area contributed by atoms with Crippen LogP contribution in [-0.2, 0) is 4.79 Å². The Balaban J connectivity index is 2.03. The molecule has 0 aromatic heterocycles. The van der Waals surface area contributed by atoms with Gasteiger partial charge in [-0.15, -0.1) is 0 Å². The van der Waals surface area contributed by atoms with Crippen molar-refractivity contribution in [2.75, 3.05) is 13.1 Å². The molecule has 0 aliphatic carbocycles. The van der Waals surface area contributed by atoms with E-state index in [1.807, 2.05) is 0 Å². The van der Waals surface area contributed by atoms with Crippen LogP contribution >= 0.6 is 0 Å². The summed E-state index contributed by atoms with van der Waals surface area (Å²) in [5, 5.41) is 0. The summed E-state index contributed by atoms with van der Waals surface area (Å²) in [6.45, 7) is 4.89. The Labute approximate surface area is 125 Å².